The van der Waals surface area contributed by atoms with Crippen molar-refractivity contribution in [3.05, 3.63) is 269 Å². The van der Waals surface area contributed by atoms with Crippen LogP contribution in [0.2, 0.25) is 0 Å². The highest BCUT2D eigenvalue weighted by atomic mass is 15.1. The molecule has 1 heteroatoms. The Labute approximate surface area is 408 Å². The molecule has 0 unspecified atom stereocenters. The second-order valence-electron chi connectivity index (χ2n) is 15.5. The van der Waals surface area contributed by atoms with E-state index in [1.54, 1.807) is 36.4 Å². The Morgan fingerprint density at radius 3 is 1.79 bits per heavy atom. The van der Waals surface area contributed by atoms with Crippen molar-refractivity contribution in [2.24, 2.45) is 0 Å². The van der Waals surface area contributed by atoms with Crippen LogP contribution in [0.25, 0.3) is 55.3 Å². The quantitative estimate of drug-likeness (QED) is 0.155. The third-order valence-corrected chi connectivity index (χ3v) is 11.9. The van der Waals surface area contributed by atoms with Crippen molar-refractivity contribution in [3.8, 4) is 44.5 Å². The maximum Gasteiger partial charge on any atom is 0.0713 e. The second-order valence-corrected chi connectivity index (χ2v) is 15.5. The number of benzene rings is 10. The third kappa shape index (κ3) is 5.63. The first kappa shape index (κ1) is 18.7. The molecule has 0 spiro atoms. The van der Waals surface area contributed by atoms with Crippen LogP contribution in [0.3, 0.4) is 0 Å². The van der Waals surface area contributed by atoms with E-state index in [-0.39, 0.29) is 5.69 Å². The van der Waals surface area contributed by atoms with E-state index in [1.807, 2.05) is 50.2 Å². The molecule has 0 atom stereocenters. The molecule has 298 valence electrons. The highest BCUT2D eigenvalue weighted by Crippen LogP contribution is 2.57. The number of para-hydroxylation sites is 1. The fraction of sp³-hybridized carbons (Fsp3) is 0.0645. The molecule has 63 heavy (non-hydrogen) atoms. The topological polar surface area (TPSA) is 3.24 Å². The van der Waals surface area contributed by atoms with Gasteiger partial charge in [0.1, 0.15) is 0 Å². The molecule has 2 aliphatic carbocycles. The minimum atomic E-state index is -3.34. The molecule has 0 radical (unpaired) electrons. The molecule has 0 heterocycles. The van der Waals surface area contributed by atoms with Crippen LogP contribution in [0.5, 0.6) is 0 Å². The van der Waals surface area contributed by atoms with E-state index in [2.05, 4.69) is 0 Å². The first-order valence-electron chi connectivity index (χ1n) is 33.4. The van der Waals surface area contributed by atoms with Gasteiger partial charge in [0.05, 0.1) is 42.4 Å². The molecule has 0 N–H and O–H groups in total. The monoisotopic (exact) mass is 831 g/mol. The van der Waals surface area contributed by atoms with Crippen LogP contribution in [0, 0.1) is 0 Å². The van der Waals surface area contributed by atoms with Crippen LogP contribution >= 0.6 is 0 Å². The van der Waals surface area contributed by atoms with Crippen LogP contribution in [-0.2, 0) is 10.8 Å². The number of rotatable bonds is 7. The van der Waals surface area contributed by atoms with Crippen LogP contribution in [0.1, 0.15) is 84.2 Å². The van der Waals surface area contributed by atoms with Crippen molar-refractivity contribution in [1.82, 2.24) is 0 Å². The summed E-state index contributed by atoms with van der Waals surface area (Å²) in [6, 6.07) is -6.79. The summed E-state index contributed by atoms with van der Waals surface area (Å²) >= 11 is 0. The summed E-state index contributed by atoms with van der Waals surface area (Å²) < 4.78 is 256. The Morgan fingerprint density at radius 2 is 1.02 bits per heavy atom. The smallest absolute Gasteiger partial charge is 0.0713 e. The predicted octanol–water partition coefficient (Wildman–Crippen LogP) is 16.3. The molecule has 0 amide bonds. The lowest BCUT2D eigenvalue weighted by atomic mass is 9.67. The van der Waals surface area contributed by atoms with Crippen molar-refractivity contribution in [2.45, 2.75) is 24.7 Å². The Morgan fingerprint density at radius 1 is 0.397 bits per heavy atom. The predicted molar refractivity (Wildman–Crippen MR) is 264 cm³/mol. The maximum atomic E-state index is 10.7. The van der Waals surface area contributed by atoms with Crippen molar-refractivity contribution in [1.29, 1.82) is 0 Å². The summed E-state index contributed by atoms with van der Waals surface area (Å²) in [5, 5.41) is -1.56. The lowest BCUT2D eigenvalue weighted by Crippen LogP contribution is -2.28. The van der Waals surface area contributed by atoms with Gasteiger partial charge in [-0.2, -0.15) is 0 Å². The Bertz CT molecular complexity index is 4800. The first-order chi connectivity index (χ1) is 42.3. The van der Waals surface area contributed by atoms with Crippen molar-refractivity contribution in [3.63, 3.8) is 0 Å². The van der Waals surface area contributed by atoms with Gasteiger partial charge in [0, 0.05) is 22.5 Å². The van der Waals surface area contributed by atoms with E-state index >= 15 is 0 Å². The molecule has 0 aromatic heterocycles. The largest absolute Gasteiger partial charge is 0.310 e. The average molecular weight is 831 g/mol. The standard InChI is InChI=1S/C62H45N/c1-61(2)56-28-16-14-26-52(56)54-39-36-49(41-58(54)61)63(47-23-10-5-11-24-47)48-34-30-43(31-35-48)51-37-32-42-18-12-13-25-50(42)60(51)44-33-38-55-53-27-15-17-29-57(53)62(59(55)40-44,45-19-6-3-7-20-45)46-21-8-4-9-22-46/h3-41H,1-2H3/i3D,4D,6D,7D,8D,9D,12D,13D,15D,17D,18D,19D,20D,21D,22D,25D,27D,29D,30D,31D,32D,33D,34D,35D,37D,38D,40D. The van der Waals surface area contributed by atoms with Crippen molar-refractivity contribution >= 4 is 27.8 Å². The van der Waals surface area contributed by atoms with Gasteiger partial charge in [0.25, 0.3) is 0 Å². The van der Waals surface area contributed by atoms with Crippen molar-refractivity contribution in [2.75, 3.05) is 4.90 Å². The SMILES string of the molecule is [2H]c1c([2H])c([2H])c(C2(c3c([2H])c([2H])c([2H])c([2H])c3[2H])c3c([2H])c([2H])c([2H])c([2H])c3-c3c([2H])c([2H])c(-c4c(-c5c([2H])c([2H])c(N(c6ccccc6)c6ccc7c(c6)C(C)(C)c6ccccc6-7)c([2H])c5[2H])c([2H])c([2H])c5c([2H])c([2H])c([2H])c([2H])c45)c([2H])c32)c([2H])c1[2H]. The first-order valence-corrected chi connectivity index (χ1v) is 19.9. The molecule has 0 saturated carbocycles. The third-order valence-electron chi connectivity index (χ3n) is 11.9. The fourth-order valence-corrected chi connectivity index (χ4v) is 9.11. The zero-order chi connectivity index (χ0) is 65.6. The maximum absolute atomic E-state index is 10.7. The Kier molecular flexibility index (Phi) is 4.29. The molecule has 0 saturated heterocycles. The van der Waals surface area contributed by atoms with E-state index in [0.29, 0.717) is 11.4 Å². The second kappa shape index (κ2) is 14.4. The number of anilines is 3. The molecule has 0 fully saturated rings. The summed E-state index contributed by atoms with van der Waals surface area (Å²) in [5.41, 5.74) is -8.99. The number of nitrogens with zero attached hydrogens (tertiary/aromatic N) is 1. The number of fused-ring (bicyclic) bond motifs is 7. The van der Waals surface area contributed by atoms with Crippen LogP contribution < -0.4 is 4.90 Å². The minimum absolute atomic E-state index is 0.344. The van der Waals surface area contributed by atoms with E-state index in [9.17, 15) is 23.3 Å². The highest BCUT2D eigenvalue weighted by molar-refractivity contribution is 6.05. The van der Waals surface area contributed by atoms with Gasteiger partial charge >= 0.3 is 0 Å². The average Bonchev–Trinajstić information content (AvgIpc) is 1.45. The van der Waals surface area contributed by atoms with Gasteiger partial charge in [-0.15, -0.1) is 0 Å². The zero-order valence-corrected chi connectivity index (χ0v) is 33.4. The van der Waals surface area contributed by atoms with Gasteiger partial charge < -0.3 is 4.90 Å². The van der Waals surface area contributed by atoms with E-state index in [4.69, 9.17) is 13.7 Å². The van der Waals surface area contributed by atoms with Gasteiger partial charge in [-0.3, -0.25) is 0 Å². The van der Waals surface area contributed by atoms with Crippen molar-refractivity contribution < 1.29 is 37.0 Å². The van der Waals surface area contributed by atoms with E-state index in [1.165, 1.54) is 4.90 Å². The molecule has 12 rings (SSSR count). The van der Waals surface area contributed by atoms with Gasteiger partial charge in [0.2, 0.25) is 0 Å². The fourth-order valence-electron chi connectivity index (χ4n) is 9.11. The lowest BCUT2D eigenvalue weighted by molar-refractivity contribution is 0.660. The molecule has 2 aliphatic rings. The van der Waals surface area contributed by atoms with Gasteiger partial charge in [-0.1, -0.05) is 207 Å². The summed E-state index contributed by atoms with van der Waals surface area (Å²) in [4.78, 5) is 1.50. The Hall–Kier alpha value is -7.74. The Balaban J connectivity index is 1.29. The molecular formula is C62H45N. The van der Waals surface area contributed by atoms with Crippen LogP contribution in [0.15, 0.2) is 236 Å². The molecule has 10 aromatic carbocycles. The number of hydrogen-bond donors (Lipinski definition) is 0. The van der Waals surface area contributed by atoms with Gasteiger partial charge in [-0.05, 0) is 131 Å². The van der Waals surface area contributed by atoms with Gasteiger partial charge in [-0.25, -0.2) is 0 Å². The normalized spacial score (nSPS) is 19.8. The minimum Gasteiger partial charge on any atom is -0.310 e. The summed E-state index contributed by atoms with van der Waals surface area (Å²) in [7, 11) is 0. The molecule has 0 aliphatic heterocycles. The zero-order valence-electron chi connectivity index (χ0n) is 60.4. The molecular weight excluding hydrogens is 759 g/mol. The van der Waals surface area contributed by atoms with E-state index < -0.39 is 240 Å². The van der Waals surface area contributed by atoms with Crippen LogP contribution in [0.4, 0.5) is 17.1 Å². The lowest BCUT2D eigenvalue weighted by Gasteiger charge is -2.34. The highest BCUT2D eigenvalue weighted by Gasteiger charge is 2.46. The van der Waals surface area contributed by atoms with Gasteiger partial charge in [0.15, 0.2) is 0 Å². The molecule has 1 nitrogen and oxygen atoms in total. The summed E-state index contributed by atoms with van der Waals surface area (Å²) in [6.45, 7) is 4.08. The molecule has 10 aromatic rings. The number of hydrogen-bond acceptors (Lipinski definition) is 1. The summed E-state index contributed by atoms with van der Waals surface area (Å²) in [6.07, 6.45) is 0. The van der Waals surface area contributed by atoms with E-state index in [0.717, 1.165) is 22.3 Å². The summed E-state index contributed by atoms with van der Waals surface area (Å²) in [5.74, 6) is 0. The van der Waals surface area contributed by atoms with Crippen LogP contribution in [-0.4, -0.2) is 0 Å². The molecule has 0 bridgehead atoms.